The maximum atomic E-state index is 9.23. The Morgan fingerprint density at radius 3 is 2.36 bits per heavy atom. The van der Waals surface area contributed by atoms with Crippen LogP contribution >= 0.6 is 12.4 Å². The molecule has 0 saturated carbocycles. The lowest BCUT2D eigenvalue weighted by Crippen LogP contribution is -2.47. The van der Waals surface area contributed by atoms with Gasteiger partial charge < -0.3 is 24.8 Å². The molecule has 7 heteroatoms. The van der Waals surface area contributed by atoms with E-state index in [1.165, 1.54) is 0 Å². The van der Waals surface area contributed by atoms with Crippen LogP contribution in [0.15, 0.2) is 57.8 Å². The monoisotopic (exact) mass is 364 g/mol. The van der Waals surface area contributed by atoms with Gasteiger partial charge in [0, 0.05) is 5.56 Å². The Kier molecular flexibility index (Phi) is 6.39. The highest BCUT2D eigenvalue weighted by molar-refractivity contribution is 5.85. The molecule has 4 N–H and O–H groups in total. The van der Waals surface area contributed by atoms with Crippen LogP contribution in [0.2, 0.25) is 0 Å². The Labute approximate surface area is 151 Å². The van der Waals surface area contributed by atoms with Gasteiger partial charge in [-0.15, -0.1) is 12.4 Å². The summed E-state index contributed by atoms with van der Waals surface area (Å²) in [5, 5.41) is 18.5. The summed E-state index contributed by atoms with van der Waals surface area (Å²) < 4.78 is 10.7. The van der Waals surface area contributed by atoms with Gasteiger partial charge >= 0.3 is 0 Å². The number of nitrogens with zero attached hydrogens (tertiary/aromatic N) is 1. The van der Waals surface area contributed by atoms with E-state index in [1.807, 2.05) is 24.3 Å². The Morgan fingerprint density at radius 1 is 1.04 bits per heavy atom. The summed E-state index contributed by atoms with van der Waals surface area (Å²) in [5.41, 5.74) is 7.68. The van der Waals surface area contributed by atoms with Crippen LogP contribution in [0.25, 0.3) is 22.9 Å². The van der Waals surface area contributed by atoms with Gasteiger partial charge in [-0.1, -0.05) is 24.3 Å². The molecule has 25 heavy (non-hydrogen) atoms. The number of nitrogens with two attached hydrogens (primary N) is 1. The summed E-state index contributed by atoms with van der Waals surface area (Å²) in [4.78, 5) is 4.42. The molecular weight excluding hydrogens is 344 g/mol. The van der Waals surface area contributed by atoms with Crippen LogP contribution < -0.4 is 5.73 Å². The lowest BCUT2D eigenvalue weighted by molar-refractivity contribution is 0.115. The molecule has 2 aromatic heterocycles. The third-order valence-electron chi connectivity index (χ3n) is 4.03. The molecule has 0 radical (unpaired) electrons. The molecular formula is C18H21ClN2O4. The lowest BCUT2D eigenvalue weighted by Gasteiger charge is -2.24. The number of furan rings is 1. The zero-order chi connectivity index (χ0) is 17.0. The summed E-state index contributed by atoms with van der Waals surface area (Å²) in [6.45, 7) is -0.480. The van der Waals surface area contributed by atoms with Crippen LogP contribution in [0.1, 0.15) is 12.0 Å². The van der Waals surface area contributed by atoms with Crippen molar-refractivity contribution in [3.8, 4) is 22.9 Å². The number of hydrogen-bond donors (Lipinski definition) is 3. The Hall–Kier alpha value is -2.12. The van der Waals surface area contributed by atoms with Gasteiger partial charge in [-0.25, -0.2) is 4.98 Å². The topological polar surface area (TPSA) is 106 Å². The van der Waals surface area contributed by atoms with Gasteiger partial charge in [0.1, 0.15) is 12.0 Å². The summed E-state index contributed by atoms with van der Waals surface area (Å²) >= 11 is 0. The first-order valence-corrected chi connectivity index (χ1v) is 7.73. The van der Waals surface area contributed by atoms with Crippen LogP contribution in [-0.2, 0) is 6.42 Å². The fourth-order valence-corrected chi connectivity index (χ4v) is 2.36. The second-order valence-electron chi connectivity index (χ2n) is 5.89. The molecule has 0 aliphatic carbocycles. The van der Waals surface area contributed by atoms with E-state index in [4.69, 9.17) is 14.6 Å². The maximum Gasteiger partial charge on any atom is 0.263 e. The molecule has 6 nitrogen and oxygen atoms in total. The quantitative estimate of drug-likeness (QED) is 0.595. The van der Waals surface area contributed by atoms with E-state index < -0.39 is 5.54 Å². The molecule has 3 aromatic rings. The first kappa shape index (κ1) is 19.2. The molecule has 2 heterocycles. The Bertz CT molecular complexity index is 765. The van der Waals surface area contributed by atoms with Gasteiger partial charge in [0.25, 0.3) is 5.89 Å². The number of halogens is 1. The minimum Gasteiger partial charge on any atom is -0.459 e. The molecule has 0 atom stereocenters. The SMILES string of the molecule is Cl.NC(CO)(CO)CCc1ccc(-c2coc(-c3ccco3)n2)cc1. The number of oxazole rings is 1. The zero-order valence-corrected chi connectivity index (χ0v) is 14.4. The average Bonchev–Trinajstić information content (AvgIpc) is 3.31. The first-order valence-electron chi connectivity index (χ1n) is 7.73. The van der Waals surface area contributed by atoms with Crippen molar-refractivity contribution in [1.29, 1.82) is 0 Å². The van der Waals surface area contributed by atoms with Crippen molar-refractivity contribution in [3.63, 3.8) is 0 Å². The van der Waals surface area contributed by atoms with Gasteiger partial charge in [0.15, 0.2) is 5.76 Å². The standard InChI is InChI=1S/C18H20N2O4.ClH/c19-18(11-21,12-22)8-7-13-3-5-14(6-4-13)15-10-24-17(20-15)16-2-1-9-23-16;/h1-6,9-10,21-22H,7-8,11-12,19H2;1H. The van der Waals surface area contributed by atoms with E-state index in [-0.39, 0.29) is 25.6 Å². The van der Waals surface area contributed by atoms with Crippen LogP contribution in [0.5, 0.6) is 0 Å². The second-order valence-corrected chi connectivity index (χ2v) is 5.89. The van der Waals surface area contributed by atoms with Gasteiger partial charge in [-0.2, -0.15) is 0 Å². The van der Waals surface area contributed by atoms with Gasteiger partial charge in [-0.05, 0) is 30.5 Å². The highest BCUT2D eigenvalue weighted by Crippen LogP contribution is 2.25. The fourth-order valence-electron chi connectivity index (χ4n) is 2.36. The summed E-state index contributed by atoms with van der Waals surface area (Å²) in [6.07, 6.45) is 4.35. The van der Waals surface area contributed by atoms with Crippen molar-refractivity contribution in [1.82, 2.24) is 4.98 Å². The van der Waals surface area contributed by atoms with Crippen LogP contribution in [0.3, 0.4) is 0 Å². The lowest BCUT2D eigenvalue weighted by atomic mass is 9.93. The maximum absolute atomic E-state index is 9.23. The molecule has 0 aliphatic heterocycles. The van der Waals surface area contributed by atoms with Gasteiger partial charge in [0.05, 0.1) is 25.0 Å². The largest absolute Gasteiger partial charge is 0.459 e. The van der Waals surface area contributed by atoms with Crippen molar-refractivity contribution >= 4 is 12.4 Å². The van der Waals surface area contributed by atoms with Crippen molar-refractivity contribution in [2.75, 3.05) is 13.2 Å². The molecule has 0 unspecified atom stereocenters. The van der Waals surface area contributed by atoms with Crippen molar-refractivity contribution in [3.05, 3.63) is 54.5 Å². The number of rotatable bonds is 7. The molecule has 0 bridgehead atoms. The normalized spacial score (nSPS) is 11.3. The van der Waals surface area contributed by atoms with E-state index in [0.29, 0.717) is 24.5 Å². The summed E-state index contributed by atoms with van der Waals surface area (Å²) in [7, 11) is 0. The van der Waals surface area contributed by atoms with E-state index in [1.54, 1.807) is 24.7 Å². The highest BCUT2D eigenvalue weighted by atomic mass is 35.5. The first-order chi connectivity index (χ1) is 11.6. The number of hydrogen-bond acceptors (Lipinski definition) is 6. The number of aromatic nitrogens is 1. The van der Waals surface area contributed by atoms with E-state index >= 15 is 0 Å². The van der Waals surface area contributed by atoms with E-state index in [0.717, 1.165) is 16.8 Å². The average molecular weight is 365 g/mol. The van der Waals surface area contributed by atoms with Crippen LogP contribution in [-0.4, -0.2) is 33.9 Å². The molecule has 0 aliphatic rings. The number of aliphatic hydroxyl groups excluding tert-OH is 2. The Morgan fingerprint density at radius 2 is 1.76 bits per heavy atom. The van der Waals surface area contributed by atoms with Gasteiger partial charge in [0.2, 0.25) is 0 Å². The molecule has 0 saturated heterocycles. The summed E-state index contributed by atoms with van der Waals surface area (Å²) in [5.74, 6) is 1.03. The molecule has 0 fully saturated rings. The molecule has 1 aromatic carbocycles. The van der Waals surface area contributed by atoms with E-state index in [2.05, 4.69) is 4.98 Å². The Balaban J connectivity index is 0.00000225. The van der Waals surface area contributed by atoms with Crippen molar-refractivity contribution in [2.45, 2.75) is 18.4 Å². The molecule has 134 valence electrons. The molecule has 3 rings (SSSR count). The van der Waals surface area contributed by atoms with E-state index in [9.17, 15) is 10.2 Å². The second kappa shape index (κ2) is 8.31. The summed E-state index contributed by atoms with van der Waals surface area (Å²) in [6, 6.07) is 11.4. The molecule has 0 amide bonds. The van der Waals surface area contributed by atoms with Crippen LogP contribution in [0.4, 0.5) is 0 Å². The van der Waals surface area contributed by atoms with Crippen molar-refractivity contribution < 1.29 is 19.0 Å². The number of aliphatic hydroxyl groups is 2. The number of benzene rings is 1. The molecule has 0 spiro atoms. The number of aryl methyl sites for hydroxylation is 1. The minimum atomic E-state index is -0.942. The third-order valence-corrected chi connectivity index (χ3v) is 4.03. The minimum absolute atomic E-state index is 0. The third kappa shape index (κ3) is 4.49. The zero-order valence-electron chi connectivity index (χ0n) is 13.6. The smallest absolute Gasteiger partial charge is 0.263 e. The van der Waals surface area contributed by atoms with Crippen molar-refractivity contribution in [2.24, 2.45) is 5.73 Å². The highest BCUT2D eigenvalue weighted by Gasteiger charge is 2.22. The predicted molar refractivity (Wildman–Crippen MR) is 96.3 cm³/mol. The fraction of sp³-hybridized carbons (Fsp3) is 0.278. The van der Waals surface area contributed by atoms with Gasteiger partial charge in [-0.3, -0.25) is 0 Å². The predicted octanol–water partition coefficient (Wildman–Crippen LogP) is 2.64. The van der Waals surface area contributed by atoms with Crippen LogP contribution in [0, 0.1) is 0 Å².